The molecule has 0 spiro atoms. The number of carbonyl (C=O) groups excluding carboxylic acids is 1. The number of carbonyl (C=O) groups is 2. The molecule has 2 aromatic carbocycles. The Bertz CT molecular complexity index is 635. The third-order valence-corrected chi connectivity index (χ3v) is 3.46. The summed E-state index contributed by atoms with van der Waals surface area (Å²) in [4.78, 5) is 22.6. The Morgan fingerprint density at radius 2 is 1.59 bits per heavy atom. The molecule has 0 unspecified atom stereocenters. The second kappa shape index (κ2) is 7.41. The summed E-state index contributed by atoms with van der Waals surface area (Å²) >= 11 is 0. The van der Waals surface area contributed by atoms with Crippen LogP contribution in [0.3, 0.4) is 0 Å². The van der Waals surface area contributed by atoms with E-state index in [1.165, 1.54) is 0 Å². The van der Waals surface area contributed by atoms with Crippen molar-refractivity contribution >= 4 is 11.9 Å². The smallest absolute Gasteiger partial charge is 0.326 e. The van der Waals surface area contributed by atoms with Gasteiger partial charge in [0.05, 0.1) is 0 Å². The number of benzene rings is 2. The molecule has 0 saturated carbocycles. The molecule has 4 heteroatoms. The molecule has 4 nitrogen and oxygen atoms in total. The van der Waals surface area contributed by atoms with Gasteiger partial charge in [-0.15, -0.1) is 0 Å². The van der Waals surface area contributed by atoms with Gasteiger partial charge in [-0.05, 0) is 16.7 Å². The number of amides is 1. The summed E-state index contributed by atoms with van der Waals surface area (Å²) in [7, 11) is 0. The molecule has 1 amide bonds. The van der Waals surface area contributed by atoms with E-state index >= 15 is 0 Å². The van der Waals surface area contributed by atoms with Crippen LogP contribution >= 0.6 is 0 Å². The van der Waals surface area contributed by atoms with Crippen LogP contribution in [0.4, 0.5) is 0 Å². The van der Waals surface area contributed by atoms with E-state index in [0.717, 1.165) is 16.7 Å². The molecule has 0 radical (unpaired) electrons. The van der Waals surface area contributed by atoms with E-state index in [0.29, 0.717) is 0 Å². The first-order valence-corrected chi connectivity index (χ1v) is 7.26. The van der Waals surface area contributed by atoms with E-state index in [1.54, 1.807) is 6.92 Å². The fourth-order valence-electron chi connectivity index (χ4n) is 2.20. The molecule has 0 aliphatic heterocycles. The lowest BCUT2D eigenvalue weighted by Gasteiger charge is -2.14. The summed E-state index contributed by atoms with van der Waals surface area (Å²) in [6.07, 6.45) is 0.548. The molecule has 0 aliphatic carbocycles. The molecule has 0 fully saturated rings. The van der Waals surface area contributed by atoms with Crippen LogP contribution in [0.25, 0.3) is 11.1 Å². The maximum atomic E-state index is 11.4. The quantitative estimate of drug-likeness (QED) is 0.861. The van der Waals surface area contributed by atoms with Gasteiger partial charge in [0.25, 0.3) is 0 Å². The van der Waals surface area contributed by atoms with Crippen molar-refractivity contribution < 1.29 is 14.7 Å². The summed E-state index contributed by atoms with van der Waals surface area (Å²) < 4.78 is 0. The van der Waals surface area contributed by atoms with E-state index in [1.807, 2.05) is 54.6 Å². The van der Waals surface area contributed by atoms with E-state index in [2.05, 4.69) is 5.32 Å². The molecule has 0 saturated heterocycles. The molecular formula is C18H19NO3. The normalized spacial score (nSPS) is 11.7. The lowest BCUT2D eigenvalue weighted by atomic mass is 10.0. The molecule has 2 aromatic rings. The van der Waals surface area contributed by atoms with Gasteiger partial charge in [-0.2, -0.15) is 0 Å². The van der Waals surface area contributed by atoms with Crippen LogP contribution in [-0.2, 0) is 16.0 Å². The van der Waals surface area contributed by atoms with Gasteiger partial charge in [0.1, 0.15) is 6.04 Å². The van der Waals surface area contributed by atoms with E-state index in [-0.39, 0.29) is 18.7 Å². The molecule has 0 aromatic heterocycles. The molecule has 114 valence electrons. The first kappa shape index (κ1) is 15.8. The molecule has 1 atom stereocenters. The van der Waals surface area contributed by atoms with Gasteiger partial charge in [-0.25, -0.2) is 4.79 Å². The number of aliphatic carboxylic acids is 1. The number of hydrogen-bond acceptors (Lipinski definition) is 2. The van der Waals surface area contributed by atoms with E-state index in [4.69, 9.17) is 0 Å². The number of rotatable bonds is 6. The summed E-state index contributed by atoms with van der Waals surface area (Å²) in [6, 6.07) is 16.8. The fourth-order valence-corrected chi connectivity index (χ4v) is 2.20. The topological polar surface area (TPSA) is 66.4 Å². The number of nitrogens with one attached hydrogen (secondary N) is 1. The summed E-state index contributed by atoms with van der Waals surface area (Å²) in [5.74, 6) is -1.28. The Kier molecular flexibility index (Phi) is 5.31. The van der Waals surface area contributed by atoms with E-state index < -0.39 is 12.0 Å². The Labute approximate surface area is 129 Å². The van der Waals surface area contributed by atoms with Crippen molar-refractivity contribution in [2.24, 2.45) is 0 Å². The maximum absolute atomic E-state index is 11.4. The van der Waals surface area contributed by atoms with Gasteiger partial charge in [-0.1, -0.05) is 61.5 Å². The van der Waals surface area contributed by atoms with Crippen molar-refractivity contribution in [3.8, 4) is 11.1 Å². The van der Waals surface area contributed by atoms with Crippen LogP contribution in [0.15, 0.2) is 54.6 Å². The first-order chi connectivity index (χ1) is 10.6. The monoisotopic (exact) mass is 297 g/mol. The Morgan fingerprint density at radius 1 is 1.00 bits per heavy atom. The highest BCUT2D eigenvalue weighted by atomic mass is 16.4. The van der Waals surface area contributed by atoms with Crippen LogP contribution in [0.5, 0.6) is 0 Å². The average molecular weight is 297 g/mol. The van der Waals surface area contributed by atoms with E-state index in [9.17, 15) is 14.7 Å². The Hall–Kier alpha value is -2.62. The van der Waals surface area contributed by atoms with Gasteiger partial charge < -0.3 is 10.4 Å². The second-order valence-electron chi connectivity index (χ2n) is 5.08. The Balaban J connectivity index is 2.09. The summed E-state index contributed by atoms with van der Waals surface area (Å²) in [5, 5.41) is 11.7. The number of carboxylic acids is 1. The standard InChI is InChI=1S/C18H19NO3/c1-2-17(20)19-16(18(21)22)12-13-8-10-15(11-9-13)14-6-4-3-5-7-14/h3-11,16H,2,12H2,1H3,(H,19,20)(H,21,22)/t16-/m0/s1. The molecule has 2 N–H and O–H groups in total. The summed E-state index contributed by atoms with van der Waals surface area (Å²) in [6.45, 7) is 1.70. The van der Waals surface area contributed by atoms with Gasteiger partial charge >= 0.3 is 5.97 Å². The minimum Gasteiger partial charge on any atom is -0.480 e. The van der Waals surface area contributed by atoms with Gasteiger partial charge in [-0.3, -0.25) is 4.79 Å². The average Bonchev–Trinajstić information content (AvgIpc) is 2.55. The second-order valence-corrected chi connectivity index (χ2v) is 5.08. The van der Waals surface area contributed by atoms with Gasteiger partial charge in [0, 0.05) is 12.8 Å². The van der Waals surface area contributed by atoms with Gasteiger partial charge in [0.2, 0.25) is 5.91 Å². The molecule has 22 heavy (non-hydrogen) atoms. The number of hydrogen-bond donors (Lipinski definition) is 2. The minimum atomic E-state index is -1.02. The SMILES string of the molecule is CCC(=O)N[C@@H](Cc1ccc(-c2ccccc2)cc1)C(=O)O. The van der Waals surface area contributed by atoms with Crippen molar-refractivity contribution in [3.63, 3.8) is 0 Å². The van der Waals surface area contributed by atoms with Crippen molar-refractivity contribution in [1.29, 1.82) is 0 Å². The lowest BCUT2D eigenvalue weighted by Crippen LogP contribution is -2.42. The van der Waals surface area contributed by atoms with Crippen molar-refractivity contribution in [1.82, 2.24) is 5.32 Å². The van der Waals surface area contributed by atoms with Gasteiger partial charge in [0.15, 0.2) is 0 Å². The molecule has 0 heterocycles. The molecule has 0 bridgehead atoms. The van der Waals surface area contributed by atoms with Crippen LogP contribution in [0, 0.1) is 0 Å². The maximum Gasteiger partial charge on any atom is 0.326 e. The van der Waals surface area contributed by atoms with Crippen LogP contribution in [0.2, 0.25) is 0 Å². The lowest BCUT2D eigenvalue weighted by molar-refractivity contribution is -0.141. The highest BCUT2D eigenvalue weighted by molar-refractivity contribution is 5.83. The number of carboxylic acid groups (broad SMARTS) is 1. The zero-order valence-corrected chi connectivity index (χ0v) is 12.5. The highest BCUT2D eigenvalue weighted by Crippen LogP contribution is 2.19. The zero-order valence-electron chi connectivity index (χ0n) is 12.5. The third-order valence-electron chi connectivity index (χ3n) is 3.46. The summed E-state index contributed by atoms with van der Waals surface area (Å²) in [5.41, 5.74) is 3.07. The minimum absolute atomic E-state index is 0.256. The predicted octanol–water partition coefficient (Wildman–Crippen LogP) is 2.88. The van der Waals surface area contributed by atoms with Crippen LogP contribution in [-0.4, -0.2) is 23.0 Å². The van der Waals surface area contributed by atoms with Crippen LogP contribution < -0.4 is 5.32 Å². The first-order valence-electron chi connectivity index (χ1n) is 7.26. The highest BCUT2D eigenvalue weighted by Gasteiger charge is 2.19. The largest absolute Gasteiger partial charge is 0.480 e. The third kappa shape index (κ3) is 4.19. The predicted molar refractivity (Wildman–Crippen MR) is 85.4 cm³/mol. The Morgan fingerprint density at radius 3 is 2.14 bits per heavy atom. The van der Waals surface area contributed by atoms with Crippen molar-refractivity contribution in [2.45, 2.75) is 25.8 Å². The van der Waals surface area contributed by atoms with Crippen molar-refractivity contribution in [2.75, 3.05) is 0 Å². The fraction of sp³-hybridized carbons (Fsp3) is 0.222. The molecular weight excluding hydrogens is 278 g/mol. The molecule has 0 aliphatic rings. The zero-order chi connectivity index (χ0) is 15.9. The molecule has 2 rings (SSSR count). The van der Waals surface area contributed by atoms with Crippen molar-refractivity contribution in [3.05, 3.63) is 60.2 Å². The van der Waals surface area contributed by atoms with Crippen LogP contribution in [0.1, 0.15) is 18.9 Å².